The van der Waals surface area contributed by atoms with Gasteiger partial charge in [-0.25, -0.2) is 4.39 Å². The molecular weight excluding hydrogens is 321 g/mol. The van der Waals surface area contributed by atoms with Crippen LogP contribution in [-0.4, -0.2) is 40.8 Å². The van der Waals surface area contributed by atoms with Crippen molar-refractivity contribution in [3.8, 4) is 0 Å². The van der Waals surface area contributed by atoms with Gasteiger partial charge in [0.15, 0.2) is 0 Å². The number of hydrogen-bond donors (Lipinski definition) is 1. The maximum absolute atomic E-state index is 12.9. The molecule has 0 radical (unpaired) electrons. The van der Waals surface area contributed by atoms with Gasteiger partial charge in [0, 0.05) is 31.5 Å². The van der Waals surface area contributed by atoms with E-state index in [-0.39, 0.29) is 30.1 Å². The van der Waals surface area contributed by atoms with Gasteiger partial charge < -0.3 is 10.2 Å². The molecule has 0 atom stereocenters. The number of carbonyl (C=O) groups excluding carboxylic acids is 2. The van der Waals surface area contributed by atoms with Crippen LogP contribution in [0.2, 0.25) is 0 Å². The Morgan fingerprint density at radius 1 is 1.16 bits per heavy atom. The third-order valence-corrected chi connectivity index (χ3v) is 4.38. The highest BCUT2D eigenvalue weighted by Crippen LogP contribution is 2.13. The quantitative estimate of drug-likeness (QED) is 0.927. The molecule has 130 valence electrons. The number of halogens is 1. The summed E-state index contributed by atoms with van der Waals surface area (Å²) in [5, 5.41) is 2.99. The van der Waals surface area contributed by atoms with Crippen molar-refractivity contribution in [2.45, 2.75) is 25.3 Å². The summed E-state index contributed by atoms with van der Waals surface area (Å²) in [6.07, 6.45) is 4.88. The number of hydrogen-bond acceptors (Lipinski definition) is 3. The van der Waals surface area contributed by atoms with Gasteiger partial charge in [-0.15, -0.1) is 0 Å². The summed E-state index contributed by atoms with van der Waals surface area (Å²) >= 11 is 0. The van der Waals surface area contributed by atoms with E-state index in [1.54, 1.807) is 35.4 Å². The number of carbonyl (C=O) groups is 2. The van der Waals surface area contributed by atoms with Crippen molar-refractivity contribution in [3.05, 3.63) is 65.7 Å². The van der Waals surface area contributed by atoms with Gasteiger partial charge in [0.1, 0.15) is 5.82 Å². The van der Waals surface area contributed by atoms with Crippen LogP contribution in [0.4, 0.5) is 4.39 Å². The molecule has 0 unspecified atom stereocenters. The Hall–Kier alpha value is -2.76. The summed E-state index contributed by atoms with van der Waals surface area (Å²) in [6, 6.07) is 9.51. The average molecular weight is 341 g/mol. The first kappa shape index (κ1) is 17.1. The Kier molecular flexibility index (Phi) is 5.38. The van der Waals surface area contributed by atoms with Crippen LogP contribution in [-0.2, 0) is 11.2 Å². The number of pyridine rings is 1. The Bertz CT molecular complexity index is 726. The van der Waals surface area contributed by atoms with Crippen LogP contribution in [0.25, 0.3) is 0 Å². The van der Waals surface area contributed by atoms with Gasteiger partial charge in [0.2, 0.25) is 5.91 Å². The molecule has 0 spiro atoms. The molecule has 1 aliphatic rings. The van der Waals surface area contributed by atoms with E-state index in [9.17, 15) is 14.0 Å². The highest BCUT2D eigenvalue weighted by Gasteiger charge is 2.24. The third kappa shape index (κ3) is 4.62. The van der Waals surface area contributed by atoms with E-state index >= 15 is 0 Å². The summed E-state index contributed by atoms with van der Waals surface area (Å²) in [7, 11) is 0. The molecule has 1 aromatic carbocycles. The Morgan fingerprint density at radius 3 is 2.52 bits per heavy atom. The van der Waals surface area contributed by atoms with Crippen molar-refractivity contribution < 1.29 is 14.0 Å². The van der Waals surface area contributed by atoms with Crippen LogP contribution in [0.5, 0.6) is 0 Å². The fraction of sp³-hybridized carbons (Fsp3) is 0.316. The van der Waals surface area contributed by atoms with Crippen LogP contribution in [0.1, 0.15) is 28.8 Å². The number of aromatic nitrogens is 1. The van der Waals surface area contributed by atoms with Crippen molar-refractivity contribution >= 4 is 11.8 Å². The second-order valence-corrected chi connectivity index (χ2v) is 6.17. The lowest BCUT2D eigenvalue weighted by molar-refractivity contribution is -0.131. The maximum atomic E-state index is 12.9. The average Bonchev–Trinajstić information content (AvgIpc) is 2.65. The van der Waals surface area contributed by atoms with Crippen molar-refractivity contribution in [2.75, 3.05) is 13.1 Å². The molecule has 25 heavy (non-hydrogen) atoms. The van der Waals surface area contributed by atoms with Crippen LogP contribution in [0, 0.1) is 5.82 Å². The number of rotatable bonds is 4. The summed E-state index contributed by atoms with van der Waals surface area (Å²) in [5.41, 5.74) is 1.34. The molecule has 2 amide bonds. The number of nitrogens with zero attached hydrogens (tertiary/aromatic N) is 2. The van der Waals surface area contributed by atoms with Gasteiger partial charge in [-0.05, 0) is 42.7 Å². The van der Waals surface area contributed by atoms with Crippen LogP contribution in [0.3, 0.4) is 0 Å². The van der Waals surface area contributed by atoms with Crippen molar-refractivity contribution in [1.82, 2.24) is 15.2 Å². The molecule has 2 aromatic rings. The summed E-state index contributed by atoms with van der Waals surface area (Å²) < 4.78 is 12.9. The minimum absolute atomic E-state index is 0.0312. The van der Waals surface area contributed by atoms with E-state index < -0.39 is 0 Å². The van der Waals surface area contributed by atoms with Gasteiger partial charge in [-0.3, -0.25) is 14.6 Å². The van der Waals surface area contributed by atoms with Gasteiger partial charge in [-0.1, -0.05) is 12.1 Å². The van der Waals surface area contributed by atoms with Crippen molar-refractivity contribution in [3.63, 3.8) is 0 Å². The van der Waals surface area contributed by atoms with Gasteiger partial charge in [0.05, 0.1) is 12.0 Å². The standard InChI is InChI=1S/C19H20FN3O2/c20-16-5-3-14(4-6-16)12-18(24)23-10-7-17(8-11-23)22-19(25)15-2-1-9-21-13-15/h1-6,9,13,17H,7-8,10-12H2,(H,22,25). The van der Waals surface area contributed by atoms with Crippen molar-refractivity contribution in [1.29, 1.82) is 0 Å². The summed E-state index contributed by atoms with van der Waals surface area (Å²) in [5.74, 6) is -0.408. The van der Waals surface area contributed by atoms with E-state index in [2.05, 4.69) is 10.3 Å². The van der Waals surface area contributed by atoms with Crippen LogP contribution < -0.4 is 5.32 Å². The first-order valence-electron chi connectivity index (χ1n) is 8.35. The third-order valence-electron chi connectivity index (χ3n) is 4.38. The molecule has 0 aliphatic carbocycles. The first-order valence-corrected chi connectivity index (χ1v) is 8.35. The van der Waals surface area contributed by atoms with E-state index in [1.165, 1.54) is 18.3 Å². The van der Waals surface area contributed by atoms with Gasteiger partial charge >= 0.3 is 0 Å². The number of amides is 2. The maximum Gasteiger partial charge on any atom is 0.253 e. The molecule has 0 bridgehead atoms. The van der Waals surface area contributed by atoms with E-state index in [0.29, 0.717) is 18.7 Å². The predicted octanol–water partition coefficient (Wildman–Crippen LogP) is 2.18. The zero-order valence-corrected chi connectivity index (χ0v) is 13.8. The lowest BCUT2D eigenvalue weighted by atomic mass is 10.0. The predicted molar refractivity (Wildman–Crippen MR) is 91.4 cm³/mol. The Labute approximate surface area is 145 Å². The molecule has 5 nitrogen and oxygen atoms in total. The Balaban J connectivity index is 1.47. The normalized spacial score (nSPS) is 15.0. The summed E-state index contributed by atoms with van der Waals surface area (Å²) in [6.45, 7) is 1.22. The van der Waals surface area contributed by atoms with E-state index in [0.717, 1.165) is 18.4 Å². The smallest absolute Gasteiger partial charge is 0.253 e. The van der Waals surface area contributed by atoms with Crippen molar-refractivity contribution in [2.24, 2.45) is 0 Å². The second-order valence-electron chi connectivity index (χ2n) is 6.17. The van der Waals surface area contributed by atoms with Gasteiger partial charge in [-0.2, -0.15) is 0 Å². The minimum atomic E-state index is -0.304. The first-order chi connectivity index (χ1) is 12.1. The molecule has 6 heteroatoms. The zero-order valence-electron chi connectivity index (χ0n) is 13.8. The lowest BCUT2D eigenvalue weighted by Gasteiger charge is -2.32. The second kappa shape index (κ2) is 7.88. The fourth-order valence-corrected chi connectivity index (χ4v) is 2.93. The molecule has 3 rings (SSSR count). The van der Waals surface area contributed by atoms with E-state index in [4.69, 9.17) is 0 Å². The highest BCUT2D eigenvalue weighted by atomic mass is 19.1. The number of benzene rings is 1. The molecule has 0 saturated carbocycles. The Morgan fingerprint density at radius 2 is 1.88 bits per heavy atom. The largest absolute Gasteiger partial charge is 0.349 e. The number of piperidine rings is 1. The number of likely N-dealkylation sites (tertiary alicyclic amines) is 1. The molecule has 1 aliphatic heterocycles. The SMILES string of the molecule is O=C(NC1CCN(C(=O)Cc2ccc(F)cc2)CC1)c1cccnc1. The van der Waals surface area contributed by atoms with Crippen LogP contribution in [0.15, 0.2) is 48.8 Å². The molecule has 1 saturated heterocycles. The molecule has 1 N–H and O–H groups in total. The fourth-order valence-electron chi connectivity index (χ4n) is 2.93. The number of nitrogens with one attached hydrogen (secondary N) is 1. The zero-order chi connectivity index (χ0) is 17.6. The minimum Gasteiger partial charge on any atom is -0.349 e. The molecule has 2 heterocycles. The molecular formula is C19H20FN3O2. The van der Waals surface area contributed by atoms with Gasteiger partial charge in [0.25, 0.3) is 5.91 Å². The highest BCUT2D eigenvalue weighted by molar-refractivity contribution is 5.94. The molecule has 1 fully saturated rings. The van der Waals surface area contributed by atoms with E-state index in [1.807, 2.05) is 0 Å². The monoisotopic (exact) mass is 341 g/mol. The molecule has 1 aromatic heterocycles. The topological polar surface area (TPSA) is 62.3 Å². The summed E-state index contributed by atoms with van der Waals surface area (Å²) in [4.78, 5) is 30.2. The van der Waals surface area contributed by atoms with Crippen LogP contribution >= 0.6 is 0 Å². The lowest BCUT2D eigenvalue weighted by Crippen LogP contribution is -2.47.